The van der Waals surface area contributed by atoms with E-state index in [0.29, 0.717) is 12.6 Å². The largest absolute Gasteiger partial charge is 0.394 e. The molecule has 126 valence electrons. The fraction of sp³-hybridized carbons (Fsp3) is 0.824. The Morgan fingerprint density at radius 1 is 1.23 bits per heavy atom. The predicted molar refractivity (Wildman–Crippen MR) is 90.0 cm³/mol. The molecule has 22 heavy (non-hydrogen) atoms. The number of nitrogens with one attached hydrogen (secondary N) is 1. The first kappa shape index (κ1) is 17.4. The summed E-state index contributed by atoms with van der Waals surface area (Å²) < 4.78 is 1.92. The van der Waals surface area contributed by atoms with Crippen LogP contribution in [0.15, 0.2) is 0 Å². The van der Waals surface area contributed by atoms with Crippen molar-refractivity contribution in [1.82, 2.24) is 20.0 Å². The maximum atomic E-state index is 9.08. The van der Waals surface area contributed by atoms with Crippen molar-refractivity contribution in [2.45, 2.75) is 65.6 Å². The van der Waals surface area contributed by atoms with Crippen molar-refractivity contribution >= 4 is 0 Å². The van der Waals surface area contributed by atoms with E-state index in [0.717, 1.165) is 12.2 Å². The van der Waals surface area contributed by atoms with E-state index in [1.807, 2.05) is 4.68 Å². The molecule has 0 aliphatic carbocycles. The van der Waals surface area contributed by atoms with Gasteiger partial charge in [-0.25, -0.2) is 0 Å². The lowest BCUT2D eigenvalue weighted by Gasteiger charge is -2.32. The summed E-state index contributed by atoms with van der Waals surface area (Å²) in [5.41, 5.74) is 3.56. The van der Waals surface area contributed by atoms with E-state index in [-0.39, 0.29) is 6.61 Å². The third-order valence-electron chi connectivity index (χ3n) is 4.83. The van der Waals surface area contributed by atoms with E-state index in [1.54, 1.807) is 0 Å². The van der Waals surface area contributed by atoms with Crippen molar-refractivity contribution in [2.24, 2.45) is 0 Å². The number of hydrogen-bond donors (Lipinski definition) is 2. The van der Waals surface area contributed by atoms with E-state index < -0.39 is 0 Å². The van der Waals surface area contributed by atoms with Crippen LogP contribution in [0.1, 0.15) is 49.6 Å². The lowest BCUT2D eigenvalue weighted by atomic mass is 10.0. The van der Waals surface area contributed by atoms with Crippen LogP contribution in [-0.4, -0.2) is 52.1 Å². The van der Waals surface area contributed by atoms with Gasteiger partial charge in [-0.2, -0.15) is 5.10 Å². The molecule has 1 saturated heterocycles. The zero-order valence-corrected chi connectivity index (χ0v) is 14.4. The molecular formula is C17H32N4O. The fourth-order valence-electron chi connectivity index (χ4n) is 3.29. The topological polar surface area (TPSA) is 53.3 Å². The van der Waals surface area contributed by atoms with Crippen LogP contribution in [0.5, 0.6) is 0 Å². The van der Waals surface area contributed by atoms with Crippen LogP contribution < -0.4 is 5.32 Å². The Morgan fingerprint density at radius 3 is 2.59 bits per heavy atom. The van der Waals surface area contributed by atoms with Gasteiger partial charge in [-0.1, -0.05) is 13.3 Å². The average molecular weight is 308 g/mol. The van der Waals surface area contributed by atoms with Gasteiger partial charge < -0.3 is 15.3 Å². The number of likely N-dealkylation sites (tertiary alicyclic amines) is 1. The first-order chi connectivity index (χ1) is 10.7. The number of aromatic nitrogens is 2. The number of aryl methyl sites for hydroxylation is 1. The molecule has 2 heterocycles. The maximum Gasteiger partial charge on any atom is 0.0644 e. The number of hydrogen-bond acceptors (Lipinski definition) is 4. The molecule has 2 rings (SSSR count). The minimum Gasteiger partial charge on any atom is -0.394 e. The lowest BCUT2D eigenvalue weighted by Crippen LogP contribution is -2.42. The van der Waals surface area contributed by atoms with Gasteiger partial charge in [-0.05, 0) is 52.7 Å². The van der Waals surface area contributed by atoms with Gasteiger partial charge >= 0.3 is 0 Å². The fourth-order valence-corrected chi connectivity index (χ4v) is 3.29. The van der Waals surface area contributed by atoms with E-state index in [9.17, 15) is 0 Å². The standard InChI is InChI=1S/C17H32N4O/c1-4-5-8-20-9-6-16(7-10-20)18-13-17-14(2)19-21(11-12-22)15(17)3/h16,18,22H,4-13H2,1-3H3. The number of unbranched alkanes of at least 4 members (excludes halogenated alkanes) is 1. The molecule has 1 aliphatic heterocycles. The van der Waals surface area contributed by atoms with Crippen molar-refractivity contribution in [3.8, 4) is 0 Å². The van der Waals surface area contributed by atoms with Crippen molar-refractivity contribution in [2.75, 3.05) is 26.2 Å². The maximum absolute atomic E-state index is 9.08. The monoisotopic (exact) mass is 308 g/mol. The molecule has 2 N–H and O–H groups in total. The zero-order valence-electron chi connectivity index (χ0n) is 14.4. The Bertz CT molecular complexity index is 450. The second-order valence-corrected chi connectivity index (χ2v) is 6.45. The Hall–Kier alpha value is -0.910. The molecule has 5 heteroatoms. The van der Waals surface area contributed by atoms with E-state index in [2.05, 4.69) is 36.1 Å². The number of aliphatic hydroxyl groups is 1. The van der Waals surface area contributed by atoms with Crippen molar-refractivity contribution in [3.05, 3.63) is 17.0 Å². The molecule has 1 fully saturated rings. The number of rotatable bonds is 8. The summed E-state index contributed by atoms with van der Waals surface area (Å²) in [6.45, 7) is 11.7. The highest BCUT2D eigenvalue weighted by Gasteiger charge is 2.19. The molecular weight excluding hydrogens is 276 g/mol. The summed E-state index contributed by atoms with van der Waals surface area (Å²) in [4.78, 5) is 2.59. The van der Waals surface area contributed by atoms with Gasteiger partial charge in [0, 0.05) is 23.8 Å². The summed E-state index contributed by atoms with van der Waals surface area (Å²) >= 11 is 0. The highest BCUT2D eigenvalue weighted by molar-refractivity contribution is 5.24. The Labute approximate surface area is 134 Å². The third-order valence-corrected chi connectivity index (χ3v) is 4.83. The van der Waals surface area contributed by atoms with Crippen LogP contribution in [0, 0.1) is 13.8 Å². The quantitative estimate of drug-likeness (QED) is 0.769. The van der Waals surface area contributed by atoms with Crippen LogP contribution in [-0.2, 0) is 13.1 Å². The van der Waals surface area contributed by atoms with Crippen LogP contribution in [0.4, 0.5) is 0 Å². The van der Waals surface area contributed by atoms with E-state index >= 15 is 0 Å². The molecule has 1 aliphatic rings. The zero-order chi connectivity index (χ0) is 15.9. The predicted octanol–water partition coefficient (Wildman–Crippen LogP) is 1.85. The molecule has 0 amide bonds. The summed E-state index contributed by atoms with van der Waals surface area (Å²) in [5, 5.41) is 17.3. The van der Waals surface area contributed by atoms with Gasteiger partial charge in [0.2, 0.25) is 0 Å². The lowest BCUT2D eigenvalue weighted by molar-refractivity contribution is 0.195. The Morgan fingerprint density at radius 2 is 1.95 bits per heavy atom. The van der Waals surface area contributed by atoms with Gasteiger partial charge in [0.05, 0.1) is 18.8 Å². The van der Waals surface area contributed by atoms with Crippen LogP contribution in [0.3, 0.4) is 0 Å². The second kappa shape index (κ2) is 8.65. The van der Waals surface area contributed by atoms with Crippen LogP contribution in [0.25, 0.3) is 0 Å². The SMILES string of the molecule is CCCCN1CCC(NCc2c(C)nn(CCO)c2C)CC1. The summed E-state index contributed by atoms with van der Waals surface area (Å²) in [6.07, 6.45) is 5.09. The summed E-state index contributed by atoms with van der Waals surface area (Å²) in [6, 6.07) is 0.623. The van der Waals surface area contributed by atoms with Crippen molar-refractivity contribution < 1.29 is 5.11 Å². The first-order valence-corrected chi connectivity index (χ1v) is 8.75. The molecule has 0 atom stereocenters. The van der Waals surface area contributed by atoms with Gasteiger partial charge in [0.1, 0.15) is 0 Å². The smallest absolute Gasteiger partial charge is 0.0644 e. The first-order valence-electron chi connectivity index (χ1n) is 8.75. The molecule has 1 aromatic rings. The Balaban J connectivity index is 1.79. The van der Waals surface area contributed by atoms with E-state index in [1.165, 1.54) is 56.6 Å². The normalized spacial score (nSPS) is 17.3. The molecule has 0 spiro atoms. The van der Waals surface area contributed by atoms with Gasteiger partial charge in [-0.15, -0.1) is 0 Å². The number of aliphatic hydroxyl groups excluding tert-OH is 1. The number of piperidine rings is 1. The van der Waals surface area contributed by atoms with Gasteiger partial charge in [-0.3, -0.25) is 4.68 Å². The molecule has 1 aromatic heterocycles. The molecule has 5 nitrogen and oxygen atoms in total. The van der Waals surface area contributed by atoms with Gasteiger partial charge in [0.25, 0.3) is 0 Å². The van der Waals surface area contributed by atoms with E-state index in [4.69, 9.17) is 5.11 Å². The summed E-state index contributed by atoms with van der Waals surface area (Å²) in [7, 11) is 0. The molecule has 0 aromatic carbocycles. The minimum atomic E-state index is 0.144. The highest BCUT2D eigenvalue weighted by atomic mass is 16.3. The minimum absolute atomic E-state index is 0.144. The van der Waals surface area contributed by atoms with Gasteiger partial charge in [0.15, 0.2) is 0 Å². The van der Waals surface area contributed by atoms with Crippen molar-refractivity contribution in [1.29, 1.82) is 0 Å². The van der Waals surface area contributed by atoms with Crippen LogP contribution >= 0.6 is 0 Å². The number of nitrogens with zero attached hydrogens (tertiary/aromatic N) is 3. The summed E-state index contributed by atoms with van der Waals surface area (Å²) in [5.74, 6) is 0. The highest BCUT2D eigenvalue weighted by Crippen LogP contribution is 2.15. The van der Waals surface area contributed by atoms with Crippen molar-refractivity contribution in [3.63, 3.8) is 0 Å². The Kier molecular flexibility index (Phi) is 6.86. The third kappa shape index (κ3) is 4.54. The molecule has 0 radical (unpaired) electrons. The molecule has 0 bridgehead atoms. The van der Waals surface area contributed by atoms with Crippen LogP contribution in [0.2, 0.25) is 0 Å². The average Bonchev–Trinajstić information content (AvgIpc) is 2.79. The molecule has 0 saturated carbocycles. The molecule has 0 unspecified atom stereocenters. The second-order valence-electron chi connectivity index (χ2n) is 6.45.